The topological polar surface area (TPSA) is 9.23 Å². The Hall–Kier alpha value is -1.64. The van der Waals surface area contributed by atoms with Gasteiger partial charge in [0.1, 0.15) is 5.75 Å². The second kappa shape index (κ2) is 8.45. The SMILES string of the molecule is C=Cc1cc(OC(F)F)cc(CC)c1C=C.CC. The number of halogens is 2. The molecule has 0 bridgehead atoms. The molecular formula is C15H20F2O. The van der Waals surface area contributed by atoms with Crippen molar-refractivity contribution < 1.29 is 13.5 Å². The van der Waals surface area contributed by atoms with E-state index >= 15 is 0 Å². The van der Waals surface area contributed by atoms with Crippen LogP contribution >= 0.6 is 0 Å². The van der Waals surface area contributed by atoms with Gasteiger partial charge in [-0.25, -0.2) is 0 Å². The largest absolute Gasteiger partial charge is 0.435 e. The number of ether oxygens (including phenoxy) is 1. The first-order chi connectivity index (χ1) is 8.62. The maximum atomic E-state index is 12.1. The lowest BCUT2D eigenvalue weighted by Crippen LogP contribution is -2.03. The molecule has 0 fully saturated rings. The molecule has 3 heteroatoms. The van der Waals surface area contributed by atoms with Crippen LogP contribution < -0.4 is 4.74 Å². The Balaban J connectivity index is 0.00000137. The van der Waals surface area contributed by atoms with Crippen molar-refractivity contribution in [1.29, 1.82) is 0 Å². The van der Waals surface area contributed by atoms with Gasteiger partial charge in [0.2, 0.25) is 0 Å². The van der Waals surface area contributed by atoms with Crippen LogP contribution in [0.4, 0.5) is 8.78 Å². The van der Waals surface area contributed by atoms with Crippen LogP contribution in [0.25, 0.3) is 12.2 Å². The van der Waals surface area contributed by atoms with Gasteiger partial charge in [0.15, 0.2) is 0 Å². The second-order valence-electron chi connectivity index (χ2n) is 3.23. The zero-order chi connectivity index (χ0) is 14.1. The minimum absolute atomic E-state index is 0.160. The molecule has 0 heterocycles. The number of hydrogen-bond acceptors (Lipinski definition) is 1. The van der Waals surface area contributed by atoms with Gasteiger partial charge in [-0.3, -0.25) is 0 Å². The van der Waals surface area contributed by atoms with Crippen LogP contribution in [0, 0.1) is 0 Å². The van der Waals surface area contributed by atoms with E-state index in [9.17, 15) is 8.78 Å². The van der Waals surface area contributed by atoms with Crippen molar-refractivity contribution in [3.63, 3.8) is 0 Å². The Morgan fingerprint density at radius 1 is 1.22 bits per heavy atom. The number of aryl methyl sites for hydroxylation is 1. The predicted molar refractivity (Wildman–Crippen MR) is 74.0 cm³/mol. The minimum atomic E-state index is -2.81. The van der Waals surface area contributed by atoms with E-state index in [0.717, 1.165) is 23.1 Å². The van der Waals surface area contributed by atoms with Crippen LogP contribution in [0.1, 0.15) is 37.5 Å². The first-order valence-electron chi connectivity index (χ1n) is 5.99. The van der Waals surface area contributed by atoms with Crippen molar-refractivity contribution in [3.8, 4) is 5.75 Å². The fraction of sp³-hybridized carbons (Fsp3) is 0.333. The van der Waals surface area contributed by atoms with Gasteiger partial charge in [0, 0.05) is 0 Å². The molecule has 0 spiro atoms. The van der Waals surface area contributed by atoms with E-state index in [-0.39, 0.29) is 5.75 Å². The highest BCUT2D eigenvalue weighted by atomic mass is 19.3. The molecular weight excluding hydrogens is 234 g/mol. The van der Waals surface area contributed by atoms with Crippen LogP contribution in [0.15, 0.2) is 25.3 Å². The molecule has 100 valence electrons. The van der Waals surface area contributed by atoms with Gasteiger partial charge in [-0.2, -0.15) is 8.78 Å². The van der Waals surface area contributed by atoms with Gasteiger partial charge in [-0.1, -0.05) is 46.1 Å². The molecule has 0 N–H and O–H groups in total. The Bertz CT molecular complexity index is 398. The minimum Gasteiger partial charge on any atom is -0.435 e. The molecule has 0 aliphatic rings. The van der Waals surface area contributed by atoms with E-state index in [2.05, 4.69) is 17.9 Å². The molecule has 0 atom stereocenters. The summed E-state index contributed by atoms with van der Waals surface area (Å²) in [5, 5.41) is 0. The zero-order valence-electron chi connectivity index (χ0n) is 11.2. The monoisotopic (exact) mass is 254 g/mol. The summed E-state index contributed by atoms with van der Waals surface area (Å²) >= 11 is 0. The lowest BCUT2D eigenvalue weighted by Gasteiger charge is -2.12. The highest BCUT2D eigenvalue weighted by molar-refractivity contribution is 5.68. The van der Waals surface area contributed by atoms with Crippen LogP contribution in [-0.2, 0) is 6.42 Å². The number of alkyl halides is 2. The first kappa shape index (κ1) is 16.4. The summed E-state index contributed by atoms with van der Waals surface area (Å²) in [6, 6.07) is 3.14. The van der Waals surface area contributed by atoms with Crippen molar-refractivity contribution in [2.75, 3.05) is 0 Å². The summed E-state index contributed by atoms with van der Waals surface area (Å²) in [7, 11) is 0. The molecule has 0 aliphatic carbocycles. The molecule has 1 aromatic rings. The molecule has 0 radical (unpaired) electrons. The summed E-state index contributed by atoms with van der Waals surface area (Å²) in [5.41, 5.74) is 2.59. The molecule has 0 aromatic heterocycles. The number of benzene rings is 1. The third-order valence-corrected chi connectivity index (χ3v) is 2.30. The number of hydrogen-bond donors (Lipinski definition) is 0. The van der Waals surface area contributed by atoms with Crippen molar-refractivity contribution in [2.24, 2.45) is 0 Å². The first-order valence-corrected chi connectivity index (χ1v) is 5.99. The normalized spacial score (nSPS) is 9.44. The standard InChI is InChI=1S/C13H14F2O.C2H6/c1-4-9-7-11(16-13(14)15)8-10(5-2)12(9)6-3;1-2/h4,6-8,13H,1,3,5H2,2H3;1-2H3. The molecule has 0 saturated carbocycles. The van der Waals surface area contributed by atoms with Gasteiger partial charge in [-0.15, -0.1) is 0 Å². The maximum absolute atomic E-state index is 12.1. The molecule has 0 amide bonds. The fourth-order valence-electron chi connectivity index (χ4n) is 1.59. The molecule has 1 rings (SSSR count). The highest BCUT2D eigenvalue weighted by Gasteiger charge is 2.09. The van der Waals surface area contributed by atoms with Gasteiger partial charge >= 0.3 is 6.61 Å². The summed E-state index contributed by atoms with van der Waals surface area (Å²) < 4.78 is 28.6. The van der Waals surface area contributed by atoms with Crippen LogP contribution in [0.2, 0.25) is 0 Å². The van der Waals surface area contributed by atoms with Crippen molar-refractivity contribution in [3.05, 3.63) is 42.0 Å². The highest BCUT2D eigenvalue weighted by Crippen LogP contribution is 2.26. The molecule has 1 nitrogen and oxygen atoms in total. The molecule has 1 aromatic carbocycles. The van der Waals surface area contributed by atoms with Crippen LogP contribution in [0.5, 0.6) is 5.75 Å². The van der Waals surface area contributed by atoms with E-state index in [1.54, 1.807) is 18.2 Å². The van der Waals surface area contributed by atoms with E-state index < -0.39 is 6.61 Å². The van der Waals surface area contributed by atoms with E-state index in [0.29, 0.717) is 0 Å². The molecule has 0 unspecified atom stereocenters. The zero-order valence-corrected chi connectivity index (χ0v) is 11.2. The smallest absolute Gasteiger partial charge is 0.387 e. The molecule has 0 aliphatic heterocycles. The Kier molecular flexibility index (Phi) is 7.68. The van der Waals surface area contributed by atoms with Gasteiger partial charge < -0.3 is 4.74 Å². The quantitative estimate of drug-likeness (QED) is 0.705. The third-order valence-electron chi connectivity index (χ3n) is 2.30. The van der Waals surface area contributed by atoms with Crippen molar-refractivity contribution in [2.45, 2.75) is 33.8 Å². The summed E-state index contributed by atoms with van der Waals surface area (Å²) in [4.78, 5) is 0. The van der Waals surface area contributed by atoms with E-state index in [4.69, 9.17) is 0 Å². The third kappa shape index (κ3) is 4.32. The fourth-order valence-corrected chi connectivity index (χ4v) is 1.59. The average molecular weight is 254 g/mol. The molecule has 0 saturated heterocycles. The van der Waals surface area contributed by atoms with Gasteiger partial charge in [0.25, 0.3) is 0 Å². The van der Waals surface area contributed by atoms with E-state index in [1.165, 1.54) is 6.07 Å². The maximum Gasteiger partial charge on any atom is 0.387 e. The van der Waals surface area contributed by atoms with Crippen LogP contribution in [-0.4, -0.2) is 6.61 Å². The Morgan fingerprint density at radius 3 is 2.22 bits per heavy atom. The van der Waals surface area contributed by atoms with Crippen molar-refractivity contribution in [1.82, 2.24) is 0 Å². The average Bonchev–Trinajstić information content (AvgIpc) is 2.39. The lowest BCUT2D eigenvalue weighted by molar-refractivity contribution is -0.0498. The van der Waals surface area contributed by atoms with E-state index in [1.807, 2.05) is 20.8 Å². The predicted octanol–water partition coefficient (Wildman–Crippen LogP) is 5.16. The summed E-state index contributed by atoms with van der Waals surface area (Å²) in [5.74, 6) is 0.160. The summed E-state index contributed by atoms with van der Waals surface area (Å²) in [6.45, 7) is 10.5. The lowest BCUT2D eigenvalue weighted by atomic mass is 9.98. The molecule has 18 heavy (non-hydrogen) atoms. The Morgan fingerprint density at radius 2 is 1.83 bits per heavy atom. The van der Waals surface area contributed by atoms with Crippen LogP contribution in [0.3, 0.4) is 0 Å². The van der Waals surface area contributed by atoms with Gasteiger partial charge in [-0.05, 0) is 35.2 Å². The summed E-state index contributed by atoms with van der Waals surface area (Å²) in [6.07, 6.45) is 4.03. The van der Waals surface area contributed by atoms with Crippen molar-refractivity contribution >= 4 is 12.2 Å². The van der Waals surface area contributed by atoms with Gasteiger partial charge in [0.05, 0.1) is 0 Å². The Labute approximate surface area is 108 Å². The number of rotatable bonds is 5. The second-order valence-corrected chi connectivity index (χ2v) is 3.23.